The van der Waals surface area contributed by atoms with E-state index in [1.54, 1.807) is 4.68 Å². The summed E-state index contributed by atoms with van der Waals surface area (Å²) in [6.45, 7) is 0. The van der Waals surface area contributed by atoms with Crippen molar-refractivity contribution in [3.63, 3.8) is 0 Å². The first-order chi connectivity index (χ1) is 15.4. The highest BCUT2D eigenvalue weighted by atomic mass is 35.5. The fourth-order valence-corrected chi connectivity index (χ4v) is 3.95. The topological polar surface area (TPSA) is 109 Å². The van der Waals surface area contributed by atoms with Crippen LogP contribution in [0.3, 0.4) is 0 Å². The molecule has 0 fully saturated rings. The Labute approximate surface area is 194 Å². The molecule has 0 aliphatic carbocycles. The summed E-state index contributed by atoms with van der Waals surface area (Å²) in [4.78, 5) is 27.3. The number of benzene rings is 2. The quantitative estimate of drug-likeness (QED) is 0.448. The Morgan fingerprint density at radius 1 is 1.03 bits per heavy atom. The van der Waals surface area contributed by atoms with Crippen molar-refractivity contribution in [1.82, 2.24) is 14.8 Å². The summed E-state index contributed by atoms with van der Waals surface area (Å²) in [5.74, 6) is -0.566. The first-order valence-electron chi connectivity index (χ1n) is 10.1. The summed E-state index contributed by atoms with van der Waals surface area (Å²) in [6.07, 6.45) is 0.964. The maximum Gasteiger partial charge on any atom is 0.303 e. The van der Waals surface area contributed by atoms with Crippen LogP contribution < -0.4 is 10.6 Å². The van der Waals surface area contributed by atoms with Crippen LogP contribution in [0, 0.1) is 0 Å². The van der Waals surface area contributed by atoms with E-state index in [-0.39, 0.29) is 43.2 Å². The number of halogens is 2. The molecule has 0 unspecified atom stereocenters. The molecule has 1 aromatic heterocycles. The predicted molar refractivity (Wildman–Crippen MR) is 122 cm³/mol. The highest BCUT2D eigenvalue weighted by Crippen LogP contribution is 2.38. The Morgan fingerprint density at radius 3 is 2.28 bits per heavy atom. The lowest BCUT2D eigenvalue weighted by Gasteiger charge is -2.31. The summed E-state index contributed by atoms with van der Waals surface area (Å²) >= 11 is 12.1. The van der Waals surface area contributed by atoms with Gasteiger partial charge in [0.15, 0.2) is 0 Å². The largest absolute Gasteiger partial charge is 0.481 e. The molecule has 0 saturated carbocycles. The van der Waals surface area contributed by atoms with Gasteiger partial charge in [-0.2, -0.15) is 4.98 Å². The number of aromatic nitrogens is 3. The van der Waals surface area contributed by atoms with E-state index in [0.717, 1.165) is 11.1 Å². The molecule has 3 aromatic rings. The molecule has 2 heterocycles. The van der Waals surface area contributed by atoms with Crippen LogP contribution in [0.1, 0.15) is 48.9 Å². The first-order valence-corrected chi connectivity index (χ1v) is 10.9. The molecule has 2 aromatic carbocycles. The molecule has 1 aliphatic rings. The van der Waals surface area contributed by atoms with Gasteiger partial charge < -0.3 is 10.4 Å². The number of hydrogen-bond acceptors (Lipinski definition) is 5. The first kappa shape index (κ1) is 22.1. The number of aliphatic carboxylic acids is 1. The number of carboxylic acids is 1. The number of carboxylic acid groups (broad SMARTS) is 1. The Bertz CT molecular complexity index is 1120. The molecule has 2 atom stereocenters. The molecule has 32 heavy (non-hydrogen) atoms. The van der Waals surface area contributed by atoms with Gasteiger partial charge in [0.25, 0.3) is 5.95 Å². The summed E-state index contributed by atoms with van der Waals surface area (Å²) in [5, 5.41) is 20.6. The third-order valence-corrected chi connectivity index (χ3v) is 5.77. The molecule has 8 nitrogen and oxygen atoms in total. The van der Waals surface area contributed by atoms with Gasteiger partial charge in [-0.25, -0.2) is 4.68 Å². The molecule has 1 amide bonds. The van der Waals surface area contributed by atoms with Crippen molar-refractivity contribution < 1.29 is 14.7 Å². The second-order valence-corrected chi connectivity index (χ2v) is 8.42. The highest BCUT2D eigenvalue weighted by molar-refractivity contribution is 6.30. The van der Waals surface area contributed by atoms with E-state index in [9.17, 15) is 9.59 Å². The average Bonchev–Trinajstić information content (AvgIpc) is 3.16. The normalized spacial score (nSPS) is 17.3. The van der Waals surface area contributed by atoms with E-state index in [2.05, 4.69) is 20.7 Å². The van der Waals surface area contributed by atoms with Gasteiger partial charge in [-0.15, -0.1) is 5.10 Å². The summed E-state index contributed by atoms with van der Waals surface area (Å²) in [7, 11) is 0. The number of rotatable bonds is 7. The van der Waals surface area contributed by atoms with Gasteiger partial charge in [-0.05, 0) is 48.2 Å². The van der Waals surface area contributed by atoms with Crippen LogP contribution in [0.25, 0.3) is 0 Å². The number of nitrogens with zero attached hydrogens (tertiary/aromatic N) is 3. The lowest BCUT2D eigenvalue weighted by Crippen LogP contribution is -2.28. The second-order valence-electron chi connectivity index (χ2n) is 7.55. The number of hydrogen-bond donors (Lipinski definition) is 3. The van der Waals surface area contributed by atoms with Gasteiger partial charge in [-0.1, -0.05) is 47.5 Å². The zero-order valence-electron chi connectivity index (χ0n) is 17.0. The molecule has 0 bridgehead atoms. The van der Waals surface area contributed by atoms with Crippen molar-refractivity contribution >= 4 is 47.0 Å². The van der Waals surface area contributed by atoms with Gasteiger partial charge in [0, 0.05) is 22.9 Å². The zero-order valence-corrected chi connectivity index (χ0v) is 18.5. The number of carbonyl (C=O) groups is 2. The van der Waals surface area contributed by atoms with Crippen molar-refractivity contribution in [2.45, 2.75) is 37.8 Å². The van der Waals surface area contributed by atoms with Crippen LogP contribution >= 0.6 is 23.2 Å². The molecule has 0 radical (unpaired) electrons. The number of nitrogens with one attached hydrogen (secondary N) is 2. The van der Waals surface area contributed by atoms with Crippen molar-refractivity contribution in [3.8, 4) is 0 Å². The van der Waals surface area contributed by atoms with E-state index >= 15 is 0 Å². The molecule has 4 rings (SSSR count). The molecule has 0 spiro atoms. The highest BCUT2D eigenvalue weighted by Gasteiger charge is 2.31. The molecular weight excluding hydrogens is 453 g/mol. The summed E-state index contributed by atoms with van der Waals surface area (Å²) in [6, 6.07) is 15.0. The molecular formula is C22H21Cl2N5O3. The van der Waals surface area contributed by atoms with Crippen molar-refractivity contribution in [2.24, 2.45) is 0 Å². The lowest BCUT2D eigenvalue weighted by atomic mass is 9.93. The van der Waals surface area contributed by atoms with Gasteiger partial charge in [0.05, 0.1) is 12.1 Å². The molecule has 1 aliphatic heterocycles. The van der Waals surface area contributed by atoms with Crippen LogP contribution in [-0.2, 0) is 9.59 Å². The monoisotopic (exact) mass is 473 g/mol. The third-order valence-electron chi connectivity index (χ3n) is 5.26. The minimum atomic E-state index is -0.934. The molecule has 0 saturated heterocycles. The fraction of sp³-hybridized carbons (Fsp3) is 0.273. The Balaban J connectivity index is 1.59. The van der Waals surface area contributed by atoms with E-state index in [1.807, 2.05) is 48.5 Å². The van der Waals surface area contributed by atoms with Gasteiger partial charge >= 0.3 is 5.97 Å². The second kappa shape index (κ2) is 9.58. The maximum atomic E-state index is 12.2. The van der Waals surface area contributed by atoms with Crippen LogP contribution in [0.5, 0.6) is 0 Å². The predicted octanol–water partition coefficient (Wildman–Crippen LogP) is 4.92. The van der Waals surface area contributed by atoms with Crippen molar-refractivity contribution in [1.29, 1.82) is 0 Å². The average molecular weight is 474 g/mol. The number of amides is 1. The smallest absolute Gasteiger partial charge is 0.303 e. The molecule has 10 heteroatoms. The van der Waals surface area contributed by atoms with Gasteiger partial charge in [0.1, 0.15) is 0 Å². The Hall–Kier alpha value is -3.10. The number of fused-ring (bicyclic) bond motifs is 1. The minimum Gasteiger partial charge on any atom is -0.481 e. The van der Waals surface area contributed by atoms with Crippen LogP contribution in [0.2, 0.25) is 10.0 Å². The summed E-state index contributed by atoms with van der Waals surface area (Å²) in [5.41, 5.74) is 2.07. The van der Waals surface area contributed by atoms with E-state index < -0.39 is 5.97 Å². The number of anilines is 2. The zero-order chi connectivity index (χ0) is 22.7. The number of carbonyl (C=O) groups excluding carboxylic acids is 1. The summed E-state index contributed by atoms with van der Waals surface area (Å²) < 4.78 is 1.75. The minimum absolute atomic E-state index is 0.0382. The van der Waals surface area contributed by atoms with Crippen LogP contribution in [-0.4, -0.2) is 31.7 Å². The molecule has 3 N–H and O–H groups in total. The van der Waals surface area contributed by atoms with Gasteiger partial charge in [-0.3, -0.25) is 14.9 Å². The van der Waals surface area contributed by atoms with E-state index in [4.69, 9.17) is 28.3 Å². The maximum absolute atomic E-state index is 12.2. The molecule has 166 valence electrons. The SMILES string of the molecule is O=C(O)CCCC(=O)Nc1nc2n(n1)[C@H](c1ccc(Cl)cc1)C[C@@H](c1ccc(Cl)cc1)N2. The third kappa shape index (κ3) is 5.20. The lowest BCUT2D eigenvalue weighted by molar-refractivity contribution is -0.137. The van der Waals surface area contributed by atoms with Crippen molar-refractivity contribution in [2.75, 3.05) is 10.6 Å². The van der Waals surface area contributed by atoms with E-state index in [1.165, 1.54) is 0 Å². The Morgan fingerprint density at radius 2 is 1.66 bits per heavy atom. The van der Waals surface area contributed by atoms with Crippen molar-refractivity contribution in [3.05, 3.63) is 69.7 Å². The van der Waals surface area contributed by atoms with Crippen LogP contribution in [0.4, 0.5) is 11.9 Å². The van der Waals surface area contributed by atoms with E-state index in [0.29, 0.717) is 22.4 Å². The Kier molecular flexibility index (Phi) is 6.62. The van der Waals surface area contributed by atoms with Crippen LogP contribution in [0.15, 0.2) is 48.5 Å². The van der Waals surface area contributed by atoms with Gasteiger partial charge in [0.2, 0.25) is 11.9 Å². The fourth-order valence-electron chi connectivity index (χ4n) is 3.69. The standard InChI is InChI=1S/C22H21Cl2N5O3/c23-15-8-4-13(5-9-15)17-12-18(14-6-10-16(24)11-7-14)29-22(25-17)27-21(28-29)26-19(30)2-1-3-20(31)32/h4-11,17-18H,1-3,12H2,(H,31,32)(H2,25,26,27,28,30)/t17-,18-/m0/s1.